The Hall–Kier alpha value is 0.218. The van der Waals surface area contributed by atoms with E-state index >= 15 is 0 Å². The van der Waals surface area contributed by atoms with E-state index in [0.29, 0.717) is 6.42 Å². The van der Waals surface area contributed by atoms with Gasteiger partial charge < -0.3 is 17.7 Å². The van der Waals surface area contributed by atoms with E-state index in [1.165, 1.54) is 57.8 Å². The quantitative estimate of drug-likeness (QED) is 0.0794. The van der Waals surface area contributed by atoms with Crippen LogP contribution in [0.3, 0.4) is 0 Å². The molecule has 0 heterocycles. The van der Waals surface area contributed by atoms with Gasteiger partial charge in [-0.3, -0.25) is 4.79 Å². The molecule has 9 heteroatoms. The van der Waals surface area contributed by atoms with Crippen molar-refractivity contribution in [2.45, 2.75) is 181 Å². The molecule has 0 aliphatic carbocycles. The van der Waals surface area contributed by atoms with Gasteiger partial charge in [0.05, 0.1) is 12.2 Å². The normalized spacial score (nSPS) is 14.9. The molecule has 5 nitrogen and oxygen atoms in total. The minimum absolute atomic E-state index is 0.0137. The monoisotopic (exact) mass is 620 g/mol. The molecule has 0 radical (unpaired) electrons. The maximum Gasteiger partial charge on any atom is 0.292 e. The highest BCUT2D eigenvalue weighted by Crippen LogP contribution is 2.26. The Morgan fingerprint density at radius 3 is 1.26 bits per heavy atom. The van der Waals surface area contributed by atoms with Crippen LogP contribution >= 0.6 is 0 Å². The number of unbranched alkanes of at least 4 members (excludes halogenated alkanes) is 9. The van der Waals surface area contributed by atoms with Crippen LogP contribution in [0.2, 0.25) is 78.6 Å². The molecule has 0 spiro atoms. The fourth-order valence-corrected chi connectivity index (χ4v) is 8.52. The maximum absolute atomic E-state index is 12.0. The Labute approximate surface area is 248 Å². The third-order valence-electron chi connectivity index (χ3n) is 6.13. The van der Waals surface area contributed by atoms with Gasteiger partial charge in [-0.25, -0.2) is 0 Å². The fourth-order valence-electron chi connectivity index (χ4n) is 4.62. The molecule has 0 N–H and O–H groups in total. The fraction of sp³-hybridized carbons (Fsp3) is 0.967. The van der Waals surface area contributed by atoms with E-state index in [4.69, 9.17) is 17.7 Å². The van der Waals surface area contributed by atoms with Crippen LogP contribution in [0.25, 0.3) is 0 Å². The minimum atomic E-state index is -1.76. The van der Waals surface area contributed by atoms with Crippen LogP contribution in [0.15, 0.2) is 0 Å². The molecule has 0 saturated heterocycles. The van der Waals surface area contributed by atoms with Gasteiger partial charge in [-0.2, -0.15) is 0 Å². The second-order valence-electron chi connectivity index (χ2n) is 15.3. The van der Waals surface area contributed by atoms with Crippen LogP contribution in [0, 0.1) is 0 Å². The molecule has 0 amide bonds. The summed E-state index contributed by atoms with van der Waals surface area (Å²) in [6.45, 7) is 27.8. The molecule has 2 atom stereocenters. The molecule has 0 fully saturated rings. The molecular formula is C30H68O5Si4. The molecule has 0 bridgehead atoms. The SMILES string of the molecule is C[Si](C)(C)OCCCCCCCCC(O[Si](C)(C)C)C(CCCCCCCC(=O)O[Si](C)(C)C)O[Si](C)(C)C. The van der Waals surface area contributed by atoms with Crippen LogP contribution in [-0.4, -0.2) is 58.1 Å². The lowest BCUT2D eigenvalue weighted by Gasteiger charge is -2.36. The van der Waals surface area contributed by atoms with Crippen molar-refractivity contribution in [2.75, 3.05) is 6.61 Å². The van der Waals surface area contributed by atoms with Crippen LogP contribution in [0.1, 0.15) is 89.9 Å². The zero-order valence-corrected chi connectivity index (χ0v) is 32.3. The average Bonchev–Trinajstić information content (AvgIpc) is 2.72. The van der Waals surface area contributed by atoms with Gasteiger partial charge in [-0.15, -0.1) is 0 Å². The molecular weight excluding hydrogens is 553 g/mol. The number of carbonyl (C=O) groups is 1. The Balaban J connectivity index is 4.59. The molecule has 0 aliphatic heterocycles. The summed E-state index contributed by atoms with van der Waals surface area (Å²) >= 11 is 0. The number of rotatable bonds is 24. The Morgan fingerprint density at radius 1 is 0.487 bits per heavy atom. The third kappa shape index (κ3) is 28.1. The molecule has 0 aliphatic rings. The third-order valence-corrected chi connectivity index (χ3v) is 10.1. The van der Waals surface area contributed by atoms with Gasteiger partial charge in [0.25, 0.3) is 5.97 Å². The van der Waals surface area contributed by atoms with Crippen LogP contribution in [-0.2, 0) is 22.5 Å². The lowest BCUT2D eigenvalue weighted by molar-refractivity contribution is -0.135. The second kappa shape index (κ2) is 19.4. The van der Waals surface area contributed by atoms with Gasteiger partial charge in [0.1, 0.15) is 0 Å². The highest BCUT2D eigenvalue weighted by molar-refractivity contribution is 6.71. The molecule has 2 unspecified atom stereocenters. The van der Waals surface area contributed by atoms with Gasteiger partial charge in [0.2, 0.25) is 8.32 Å². The van der Waals surface area contributed by atoms with Crippen molar-refractivity contribution in [3.63, 3.8) is 0 Å². The summed E-state index contributed by atoms with van der Waals surface area (Å²) in [6, 6.07) is 0. The summed E-state index contributed by atoms with van der Waals surface area (Å²) in [6.07, 6.45) is 16.3. The van der Waals surface area contributed by atoms with Gasteiger partial charge in [-0.05, 0) is 104 Å². The van der Waals surface area contributed by atoms with Crippen molar-refractivity contribution in [3.05, 3.63) is 0 Å². The first kappa shape index (κ1) is 39.2. The van der Waals surface area contributed by atoms with Crippen LogP contribution < -0.4 is 0 Å². The molecule has 0 aromatic rings. The van der Waals surface area contributed by atoms with Crippen molar-refractivity contribution in [1.29, 1.82) is 0 Å². The van der Waals surface area contributed by atoms with Crippen molar-refractivity contribution in [2.24, 2.45) is 0 Å². The van der Waals surface area contributed by atoms with Gasteiger partial charge in [0, 0.05) is 13.0 Å². The summed E-state index contributed by atoms with van der Waals surface area (Å²) in [5.41, 5.74) is 0. The predicted molar refractivity (Wildman–Crippen MR) is 180 cm³/mol. The summed E-state index contributed by atoms with van der Waals surface area (Å²) in [5.74, 6) is -0.0137. The topological polar surface area (TPSA) is 54.0 Å². The van der Waals surface area contributed by atoms with Gasteiger partial charge in [-0.1, -0.05) is 57.8 Å². The van der Waals surface area contributed by atoms with E-state index in [-0.39, 0.29) is 18.2 Å². The molecule has 0 saturated carbocycles. The second-order valence-corrected chi connectivity index (χ2v) is 33.2. The number of hydrogen-bond donors (Lipinski definition) is 0. The van der Waals surface area contributed by atoms with Crippen molar-refractivity contribution >= 4 is 39.2 Å². The van der Waals surface area contributed by atoms with E-state index < -0.39 is 33.3 Å². The Kier molecular flexibility index (Phi) is 19.5. The van der Waals surface area contributed by atoms with E-state index in [2.05, 4.69) is 78.6 Å². The summed E-state index contributed by atoms with van der Waals surface area (Å²) in [7, 11) is -6.48. The minimum Gasteiger partial charge on any atom is -0.520 e. The summed E-state index contributed by atoms with van der Waals surface area (Å²) in [5, 5.41) is 0. The highest BCUT2D eigenvalue weighted by Gasteiger charge is 2.31. The lowest BCUT2D eigenvalue weighted by Crippen LogP contribution is -2.44. The molecule has 39 heavy (non-hydrogen) atoms. The molecule has 0 aromatic heterocycles. The Bertz CT molecular complexity index is 633. The zero-order chi connectivity index (χ0) is 30.2. The average molecular weight is 621 g/mol. The number of hydrogen-bond acceptors (Lipinski definition) is 5. The first-order valence-electron chi connectivity index (χ1n) is 16.0. The van der Waals surface area contributed by atoms with Gasteiger partial charge >= 0.3 is 0 Å². The molecule has 234 valence electrons. The van der Waals surface area contributed by atoms with E-state index in [0.717, 1.165) is 32.3 Å². The predicted octanol–water partition coefficient (Wildman–Crippen LogP) is 10.1. The van der Waals surface area contributed by atoms with Crippen LogP contribution in [0.4, 0.5) is 0 Å². The lowest BCUT2D eigenvalue weighted by atomic mass is 9.99. The summed E-state index contributed by atoms with van der Waals surface area (Å²) in [4.78, 5) is 12.0. The van der Waals surface area contributed by atoms with Crippen molar-refractivity contribution in [1.82, 2.24) is 0 Å². The van der Waals surface area contributed by atoms with Crippen molar-refractivity contribution in [3.8, 4) is 0 Å². The first-order valence-corrected chi connectivity index (χ1v) is 29.6. The summed E-state index contributed by atoms with van der Waals surface area (Å²) < 4.78 is 25.1. The molecule has 0 rings (SSSR count). The largest absolute Gasteiger partial charge is 0.520 e. The highest BCUT2D eigenvalue weighted by atomic mass is 28.4. The molecule has 0 aromatic carbocycles. The van der Waals surface area contributed by atoms with E-state index in [1.807, 2.05) is 0 Å². The first-order chi connectivity index (χ1) is 17.8. The van der Waals surface area contributed by atoms with Crippen LogP contribution in [0.5, 0.6) is 0 Å². The maximum atomic E-state index is 12.0. The van der Waals surface area contributed by atoms with E-state index in [9.17, 15) is 4.79 Å². The van der Waals surface area contributed by atoms with E-state index in [1.54, 1.807) is 0 Å². The number of carbonyl (C=O) groups excluding carboxylic acids is 1. The van der Waals surface area contributed by atoms with Gasteiger partial charge in [0.15, 0.2) is 25.0 Å². The van der Waals surface area contributed by atoms with Crippen molar-refractivity contribution < 1.29 is 22.5 Å². The Morgan fingerprint density at radius 2 is 0.872 bits per heavy atom. The zero-order valence-electron chi connectivity index (χ0n) is 28.3. The smallest absolute Gasteiger partial charge is 0.292 e. The standard InChI is InChI=1S/C30H68O5Si4/c1-36(2,3)32-27-23-19-14-13-16-20-24-28(33-37(4,5)6)29(34-38(7,8)9)25-21-17-15-18-22-26-30(31)35-39(10,11)12/h28-29H,13-27H2,1-12H3.